The van der Waals surface area contributed by atoms with Gasteiger partial charge in [-0.25, -0.2) is 0 Å². The van der Waals surface area contributed by atoms with Gasteiger partial charge in [-0.1, -0.05) is 11.2 Å². The average molecular weight is 412 g/mol. The number of nitrogens with zero attached hydrogens (tertiary/aromatic N) is 2. The van der Waals surface area contributed by atoms with Crippen LogP contribution in [0.1, 0.15) is 32.2 Å². The molecule has 3 rings (SSSR count). The molecule has 0 saturated heterocycles. The third-order valence-corrected chi connectivity index (χ3v) is 5.72. The van der Waals surface area contributed by atoms with E-state index in [0.717, 1.165) is 30.1 Å². The van der Waals surface area contributed by atoms with E-state index in [4.69, 9.17) is 15.3 Å². The molecule has 0 bridgehead atoms. The minimum absolute atomic E-state index is 0.119. The highest BCUT2D eigenvalue weighted by atomic mass is 32.1. The summed E-state index contributed by atoms with van der Waals surface area (Å²) in [5.41, 5.74) is 9.29. The SMILES string of the molecule is COc1ccc(/C(N)=N/OCC(=O)c2cc(C)n(CCc3cccs3)c2C)cc1. The maximum Gasteiger partial charge on any atom is 0.204 e. The summed E-state index contributed by atoms with van der Waals surface area (Å²) in [5, 5.41) is 5.95. The second-order valence-electron chi connectivity index (χ2n) is 6.67. The first kappa shape index (κ1) is 20.7. The van der Waals surface area contributed by atoms with Crippen molar-refractivity contribution in [3.05, 3.63) is 75.2 Å². The first-order chi connectivity index (χ1) is 14.0. The Balaban J connectivity index is 1.60. The quantitative estimate of drug-likeness (QED) is 0.250. The summed E-state index contributed by atoms with van der Waals surface area (Å²) in [6.45, 7) is 4.66. The Morgan fingerprint density at radius 1 is 1.21 bits per heavy atom. The van der Waals surface area contributed by atoms with E-state index in [1.54, 1.807) is 42.7 Å². The molecule has 152 valence electrons. The summed E-state index contributed by atoms with van der Waals surface area (Å²) in [7, 11) is 1.60. The number of oxime groups is 1. The molecule has 29 heavy (non-hydrogen) atoms. The van der Waals surface area contributed by atoms with Gasteiger partial charge in [-0.2, -0.15) is 0 Å². The normalized spacial score (nSPS) is 11.5. The number of ketones is 1. The molecule has 6 nitrogen and oxygen atoms in total. The first-order valence-electron chi connectivity index (χ1n) is 9.31. The smallest absolute Gasteiger partial charge is 0.204 e. The standard InChI is InChI=1S/C22H25N3O3S/c1-15-13-20(16(2)25(15)11-10-19-5-4-12-29-19)21(26)14-28-24-22(23)17-6-8-18(27-3)9-7-17/h4-9,12-13H,10-11,14H2,1-3H3,(H2,23,24). The Morgan fingerprint density at radius 3 is 2.62 bits per heavy atom. The molecule has 2 aromatic heterocycles. The van der Waals surface area contributed by atoms with Crippen molar-refractivity contribution in [1.82, 2.24) is 4.57 Å². The molecule has 3 aromatic rings. The van der Waals surface area contributed by atoms with Crippen molar-refractivity contribution < 1.29 is 14.4 Å². The van der Waals surface area contributed by atoms with Crippen molar-refractivity contribution in [2.45, 2.75) is 26.8 Å². The van der Waals surface area contributed by atoms with Gasteiger partial charge in [-0.3, -0.25) is 4.79 Å². The van der Waals surface area contributed by atoms with Crippen LogP contribution in [0.5, 0.6) is 5.75 Å². The topological polar surface area (TPSA) is 78.8 Å². The Morgan fingerprint density at radius 2 is 1.97 bits per heavy atom. The number of carbonyl (C=O) groups is 1. The fourth-order valence-corrected chi connectivity index (χ4v) is 3.86. The second-order valence-corrected chi connectivity index (χ2v) is 7.70. The number of thiophene rings is 1. The molecule has 2 N–H and O–H groups in total. The molecular formula is C22H25N3O3S. The van der Waals surface area contributed by atoms with Crippen LogP contribution in [0.25, 0.3) is 0 Å². The predicted molar refractivity (Wildman–Crippen MR) is 116 cm³/mol. The molecule has 7 heteroatoms. The van der Waals surface area contributed by atoms with Crippen LogP contribution < -0.4 is 10.5 Å². The van der Waals surface area contributed by atoms with Gasteiger partial charge in [0.05, 0.1) is 7.11 Å². The summed E-state index contributed by atoms with van der Waals surface area (Å²) < 4.78 is 7.28. The third-order valence-electron chi connectivity index (χ3n) is 4.78. The van der Waals surface area contributed by atoms with Crippen molar-refractivity contribution >= 4 is 23.0 Å². The Bertz CT molecular complexity index is 989. The van der Waals surface area contributed by atoms with Crippen molar-refractivity contribution in [3.63, 3.8) is 0 Å². The lowest BCUT2D eigenvalue weighted by molar-refractivity contribution is 0.0775. The van der Waals surface area contributed by atoms with E-state index in [-0.39, 0.29) is 18.2 Å². The number of aryl methyl sites for hydroxylation is 2. The van der Waals surface area contributed by atoms with E-state index in [1.165, 1.54) is 4.88 Å². The number of Topliss-reactive ketones (excluding diaryl/α,β-unsaturated/α-hetero) is 1. The van der Waals surface area contributed by atoms with Gasteiger partial charge in [-0.15, -0.1) is 11.3 Å². The number of methoxy groups -OCH3 is 1. The number of amidine groups is 1. The van der Waals surface area contributed by atoms with Gasteiger partial charge in [0.1, 0.15) is 5.75 Å². The largest absolute Gasteiger partial charge is 0.497 e. The summed E-state index contributed by atoms with van der Waals surface area (Å²) in [4.78, 5) is 19.2. The molecule has 0 aliphatic carbocycles. The summed E-state index contributed by atoms with van der Waals surface area (Å²) in [5.74, 6) is 0.820. The highest BCUT2D eigenvalue weighted by Crippen LogP contribution is 2.18. The second kappa shape index (κ2) is 9.43. The Hall–Kier alpha value is -3.06. The zero-order chi connectivity index (χ0) is 20.8. The Labute approximate surface area is 174 Å². The molecule has 0 aliphatic heterocycles. The van der Waals surface area contributed by atoms with Gasteiger partial charge in [0.2, 0.25) is 5.78 Å². The molecular weight excluding hydrogens is 386 g/mol. The van der Waals surface area contributed by atoms with Crippen molar-refractivity contribution in [1.29, 1.82) is 0 Å². The summed E-state index contributed by atoms with van der Waals surface area (Å²) >= 11 is 1.75. The predicted octanol–water partition coefficient (Wildman–Crippen LogP) is 3.94. The van der Waals surface area contributed by atoms with Crippen LogP contribution in [-0.2, 0) is 17.8 Å². The number of ether oxygens (including phenoxy) is 1. The lowest BCUT2D eigenvalue weighted by atomic mass is 10.1. The molecule has 0 unspecified atom stereocenters. The fourth-order valence-electron chi connectivity index (χ4n) is 3.16. The molecule has 0 aliphatic rings. The van der Waals surface area contributed by atoms with Gasteiger partial charge in [0.15, 0.2) is 12.4 Å². The van der Waals surface area contributed by atoms with Crippen LogP contribution >= 0.6 is 11.3 Å². The van der Waals surface area contributed by atoms with E-state index in [9.17, 15) is 4.79 Å². The van der Waals surface area contributed by atoms with E-state index in [0.29, 0.717) is 11.1 Å². The zero-order valence-electron chi connectivity index (χ0n) is 16.8. The van der Waals surface area contributed by atoms with Gasteiger partial charge in [0, 0.05) is 33.9 Å². The number of aromatic nitrogens is 1. The van der Waals surface area contributed by atoms with Crippen LogP contribution in [0.15, 0.2) is 53.0 Å². The van der Waals surface area contributed by atoms with E-state index in [1.807, 2.05) is 19.9 Å². The number of hydrogen-bond acceptors (Lipinski definition) is 5. The average Bonchev–Trinajstić information content (AvgIpc) is 3.34. The van der Waals surface area contributed by atoms with Gasteiger partial charge < -0.3 is 19.9 Å². The van der Waals surface area contributed by atoms with Crippen molar-refractivity contribution in [3.8, 4) is 5.75 Å². The van der Waals surface area contributed by atoms with Crippen LogP contribution in [-0.4, -0.2) is 29.9 Å². The molecule has 0 spiro atoms. The minimum atomic E-state index is -0.161. The molecule has 0 saturated carbocycles. The van der Waals surface area contributed by atoms with Gasteiger partial charge >= 0.3 is 0 Å². The van der Waals surface area contributed by atoms with Crippen LogP contribution in [0.3, 0.4) is 0 Å². The van der Waals surface area contributed by atoms with Crippen molar-refractivity contribution in [2.24, 2.45) is 10.9 Å². The molecule has 0 atom stereocenters. The molecule has 2 heterocycles. The van der Waals surface area contributed by atoms with Crippen LogP contribution in [0.2, 0.25) is 0 Å². The number of rotatable bonds is 9. The number of hydrogen-bond donors (Lipinski definition) is 1. The minimum Gasteiger partial charge on any atom is -0.497 e. The maximum atomic E-state index is 12.6. The molecule has 0 amide bonds. The van der Waals surface area contributed by atoms with Gasteiger partial charge in [-0.05, 0) is 62.0 Å². The molecule has 0 radical (unpaired) electrons. The molecule has 1 aromatic carbocycles. The maximum absolute atomic E-state index is 12.6. The lowest BCUT2D eigenvalue weighted by Gasteiger charge is -2.09. The number of benzene rings is 1. The van der Waals surface area contributed by atoms with E-state index in [2.05, 4.69) is 27.2 Å². The van der Waals surface area contributed by atoms with E-state index >= 15 is 0 Å². The highest BCUT2D eigenvalue weighted by molar-refractivity contribution is 7.09. The van der Waals surface area contributed by atoms with Crippen LogP contribution in [0.4, 0.5) is 0 Å². The van der Waals surface area contributed by atoms with Crippen molar-refractivity contribution in [2.75, 3.05) is 13.7 Å². The van der Waals surface area contributed by atoms with E-state index < -0.39 is 0 Å². The number of carbonyl (C=O) groups excluding carboxylic acids is 1. The first-order valence-corrected chi connectivity index (χ1v) is 10.2. The zero-order valence-corrected chi connectivity index (χ0v) is 17.7. The highest BCUT2D eigenvalue weighted by Gasteiger charge is 2.16. The van der Waals surface area contributed by atoms with Crippen LogP contribution in [0, 0.1) is 13.8 Å². The Kier molecular flexibility index (Phi) is 6.72. The fraction of sp³-hybridized carbons (Fsp3) is 0.273. The third kappa shape index (κ3) is 5.06. The number of nitrogens with two attached hydrogens (primary N) is 1. The lowest BCUT2D eigenvalue weighted by Crippen LogP contribution is -2.16. The molecule has 0 fully saturated rings. The summed E-state index contributed by atoms with van der Waals surface area (Å²) in [6, 6.07) is 13.2. The van der Waals surface area contributed by atoms with Gasteiger partial charge in [0.25, 0.3) is 0 Å². The summed E-state index contributed by atoms with van der Waals surface area (Å²) in [6.07, 6.45) is 0.945. The monoisotopic (exact) mass is 411 g/mol.